The Bertz CT molecular complexity index is 940. The summed E-state index contributed by atoms with van der Waals surface area (Å²) < 4.78 is 15.8. The van der Waals surface area contributed by atoms with E-state index in [1.807, 2.05) is 6.92 Å². The minimum Gasteiger partial charge on any atom is -0.484 e. The molecule has 6 nitrogen and oxygen atoms in total. The van der Waals surface area contributed by atoms with Gasteiger partial charge in [-0.05, 0) is 42.8 Å². The summed E-state index contributed by atoms with van der Waals surface area (Å²) in [7, 11) is 1.31. The molecule has 0 bridgehead atoms. The smallest absolute Gasteiger partial charge is 0.411 e. The summed E-state index contributed by atoms with van der Waals surface area (Å²) in [6, 6.07) is 8.51. The van der Waals surface area contributed by atoms with E-state index in [9.17, 15) is 4.79 Å². The number of rotatable bonds is 4. The zero-order valence-corrected chi connectivity index (χ0v) is 14.9. The Morgan fingerprint density at radius 2 is 2.08 bits per heavy atom. The summed E-state index contributed by atoms with van der Waals surface area (Å²) in [5.41, 5.74) is 2.51. The molecule has 1 heterocycles. The van der Waals surface area contributed by atoms with E-state index in [-0.39, 0.29) is 6.61 Å². The van der Waals surface area contributed by atoms with Gasteiger partial charge in [-0.25, -0.2) is 9.78 Å². The fourth-order valence-corrected chi connectivity index (χ4v) is 2.76. The van der Waals surface area contributed by atoms with Gasteiger partial charge in [-0.2, -0.15) is 0 Å². The highest BCUT2D eigenvalue weighted by atomic mass is 35.5. The number of carbonyl (C=O) groups excluding carboxylic acids is 1. The molecule has 3 rings (SSSR count). The second kappa shape index (κ2) is 7.21. The number of oxazole rings is 1. The number of methoxy groups -OCH3 is 1. The van der Waals surface area contributed by atoms with Crippen molar-refractivity contribution < 1.29 is 18.7 Å². The van der Waals surface area contributed by atoms with Gasteiger partial charge in [0.2, 0.25) is 5.89 Å². The summed E-state index contributed by atoms with van der Waals surface area (Å²) >= 11 is 12.0. The average Bonchev–Trinajstić information content (AvgIpc) is 2.98. The van der Waals surface area contributed by atoms with Gasteiger partial charge in [-0.1, -0.05) is 23.2 Å². The van der Waals surface area contributed by atoms with Crippen LogP contribution in [0.5, 0.6) is 5.75 Å². The van der Waals surface area contributed by atoms with Crippen LogP contribution in [0.15, 0.2) is 34.7 Å². The number of nitrogens with one attached hydrogen (secondary N) is 1. The molecule has 0 aliphatic carbocycles. The van der Waals surface area contributed by atoms with Crippen molar-refractivity contribution >= 4 is 46.1 Å². The number of aryl methyl sites for hydroxylation is 1. The third-order valence-corrected chi connectivity index (χ3v) is 3.94. The number of fused-ring (bicyclic) bond motifs is 1. The molecule has 25 heavy (non-hydrogen) atoms. The minimum atomic E-state index is -0.529. The maximum Gasteiger partial charge on any atom is 0.411 e. The Morgan fingerprint density at radius 1 is 1.28 bits per heavy atom. The molecule has 0 aliphatic rings. The first-order valence-corrected chi connectivity index (χ1v) is 8.04. The average molecular weight is 381 g/mol. The van der Waals surface area contributed by atoms with Crippen LogP contribution in [0.4, 0.5) is 10.5 Å². The van der Waals surface area contributed by atoms with E-state index in [2.05, 4.69) is 15.0 Å². The summed E-state index contributed by atoms with van der Waals surface area (Å²) in [6.45, 7) is 1.98. The Hall–Kier alpha value is -2.44. The van der Waals surface area contributed by atoms with Crippen molar-refractivity contribution in [3.8, 4) is 5.75 Å². The molecule has 1 N–H and O–H groups in total. The van der Waals surface area contributed by atoms with Gasteiger partial charge in [-0.15, -0.1) is 0 Å². The van der Waals surface area contributed by atoms with E-state index in [4.69, 9.17) is 32.4 Å². The molecular weight excluding hydrogens is 367 g/mol. The van der Waals surface area contributed by atoms with Crippen molar-refractivity contribution in [3.05, 3.63) is 51.8 Å². The first-order chi connectivity index (χ1) is 12.0. The van der Waals surface area contributed by atoms with Gasteiger partial charge in [0, 0.05) is 10.7 Å². The Balaban J connectivity index is 1.72. The van der Waals surface area contributed by atoms with Crippen LogP contribution in [0, 0.1) is 6.92 Å². The zero-order valence-electron chi connectivity index (χ0n) is 13.4. The minimum absolute atomic E-state index is 0.131. The molecule has 0 saturated carbocycles. The monoisotopic (exact) mass is 380 g/mol. The highest BCUT2D eigenvalue weighted by Crippen LogP contribution is 2.29. The summed E-state index contributed by atoms with van der Waals surface area (Å²) in [4.78, 5) is 15.6. The van der Waals surface area contributed by atoms with Crippen molar-refractivity contribution in [2.45, 2.75) is 13.5 Å². The highest BCUT2D eigenvalue weighted by molar-refractivity contribution is 6.37. The lowest BCUT2D eigenvalue weighted by Gasteiger charge is -2.09. The normalized spacial score (nSPS) is 10.7. The molecule has 1 aromatic heterocycles. The SMILES string of the molecule is COC(=O)Nc1ccc(OCc2nc3cc(Cl)cc(Cl)c3o2)cc1C. The molecule has 0 radical (unpaired) electrons. The van der Waals surface area contributed by atoms with E-state index in [1.165, 1.54) is 7.11 Å². The maximum atomic E-state index is 11.3. The Kier molecular flexibility index (Phi) is 5.01. The zero-order chi connectivity index (χ0) is 18.0. The van der Waals surface area contributed by atoms with Crippen molar-refractivity contribution in [3.63, 3.8) is 0 Å². The number of hydrogen-bond acceptors (Lipinski definition) is 5. The lowest BCUT2D eigenvalue weighted by Crippen LogP contribution is -2.11. The fraction of sp³-hybridized carbons (Fsp3) is 0.176. The first-order valence-electron chi connectivity index (χ1n) is 7.29. The second-order valence-electron chi connectivity index (χ2n) is 5.23. The Labute approximate surface area is 153 Å². The van der Waals surface area contributed by atoms with Crippen LogP contribution in [-0.2, 0) is 11.3 Å². The summed E-state index contributed by atoms with van der Waals surface area (Å²) in [5.74, 6) is 0.993. The summed E-state index contributed by atoms with van der Waals surface area (Å²) in [5, 5.41) is 3.50. The Morgan fingerprint density at radius 3 is 2.80 bits per heavy atom. The number of hydrogen-bond donors (Lipinski definition) is 1. The van der Waals surface area contributed by atoms with E-state index >= 15 is 0 Å². The lowest BCUT2D eigenvalue weighted by atomic mass is 10.2. The lowest BCUT2D eigenvalue weighted by molar-refractivity contribution is 0.187. The van der Waals surface area contributed by atoms with Gasteiger partial charge >= 0.3 is 6.09 Å². The molecule has 0 aliphatic heterocycles. The second-order valence-corrected chi connectivity index (χ2v) is 6.07. The number of nitrogens with zero attached hydrogens (tertiary/aromatic N) is 1. The van der Waals surface area contributed by atoms with Gasteiger partial charge in [0.05, 0.1) is 12.1 Å². The predicted molar refractivity (Wildman–Crippen MR) is 95.6 cm³/mol. The summed E-state index contributed by atoms with van der Waals surface area (Å²) in [6.07, 6.45) is -0.529. The third kappa shape index (κ3) is 3.97. The molecule has 130 valence electrons. The van der Waals surface area contributed by atoms with Crippen LogP contribution < -0.4 is 10.1 Å². The van der Waals surface area contributed by atoms with E-state index < -0.39 is 6.09 Å². The van der Waals surface area contributed by atoms with Gasteiger partial charge < -0.3 is 13.9 Å². The number of halogens is 2. The van der Waals surface area contributed by atoms with Crippen LogP contribution >= 0.6 is 23.2 Å². The quantitative estimate of drug-likeness (QED) is 0.672. The number of benzene rings is 2. The van der Waals surface area contributed by atoms with E-state index in [1.54, 1.807) is 30.3 Å². The number of ether oxygens (including phenoxy) is 2. The standard InChI is InChI=1S/C17H14Cl2N2O4/c1-9-5-11(3-4-13(9)21-17(22)23-2)24-8-15-20-14-7-10(18)6-12(19)16(14)25-15/h3-7H,8H2,1-2H3,(H,21,22). The molecule has 0 fully saturated rings. The van der Waals surface area contributed by atoms with Crippen LogP contribution in [0.25, 0.3) is 11.1 Å². The van der Waals surface area contributed by atoms with Gasteiger partial charge in [0.25, 0.3) is 0 Å². The van der Waals surface area contributed by atoms with Gasteiger partial charge in [0.15, 0.2) is 12.2 Å². The molecule has 0 unspecified atom stereocenters. The first kappa shape index (κ1) is 17.4. The van der Waals surface area contributed by atoms with Crippen molar-refractivity contribution in [1.29, 1.82) is 0 Å². The van der Waals surface area contributed by atoms with Crippen molar-refractivity contribution in [2.24, 2.45) is 0 Å². The van der Waals surface area contributed by atoms with Gasteiger partial charge in [-0.3, -0.25) is 5.32 Å². The van der Waals surface area contributed by atoms with Crippen LogP contribution in [0.3, 0.4) is 0 Å². The topological polar surface area (TPSA) is 73.6 Å². The highest BCUT2D eigenvalue weighted by Gasteiger charge is 2.12. The number of carbonyl (C=O) groups is 1. The van der Waals surface area contributed by atoms with E-state index in [0.29, 0.717) is 38.5 Å². The molecule has 0 spiro atoms. The van der Waals surface area contributed by atoms with Crippen LogP contribution in [0.1, 0.15) is 11.5 Å². The van der Waals surface area contributed by atoms with Crippen molar-refractivity contribution in [1.82, 2.24) is 4.98 Å². The largest absolute Gasteiger partial charge is 0.484 e. The fourth-order valence-electron chi connectivity index (χ4n) is 2.24. The molecule has 1 amide bonds. The third-order valence-electron chi connectivity index (χ3n) is 3.44. The number of anilines is 1. The predicted octanol–water partition coefficient (Wildman–Crippen LogP) is 5.20. The van der Waals surface area contributed by atoms with Crippen LogP contribution in [0.2, 0.25) is 10.0 Å². The number of amides is 1. The van der Waals surface area contributed by atoms with E-state index in [0.717, 1.165) is 5.56 Å². The molecule has 0 atom stereocenters. The maximum absolute atomic E-state index is 11.3. The van der Waals surface area contributed by atoms with Crippen molar-refractivity contribution in [2.75, 3.05) is 12.4 Å². The molecule has 0 saturated heterocycles. The molecular formula is C17H14Cl2N2O4. The molecule has 3 aromatic rings. The van der Waals surface area contributed by atoms with Gasteiger partial charge in [0.1, 0.15) is 11.3 Å². The molecule has 8 heteroatoms. The van der Waals surface area contributed by atoms with Crippen LogP contribution in [-0.4, -0.2) is 18.2 Å². The number of aromatic nitrogens is 1. The molecule has 2 aromatic carbocycles.